The van der Waals surface area contributed by atoms with Crippen LogP contribution in [0.5, 0.6) is 0 Å². The highest BCUT2D eigenvalue weighted by Crippen LogP contribution is 2.43. The summed E-state index contributed by atoms with van der Waals surface area (Å²) in [6.07, 6.45) is -1.19. The minimum Gasteiger partial charge on any atom is -0.479 e. The van der Waals surface area contributed by atoms with Crippen LogP contribution >= 0.6 is 0 Å². The van der Waals surface area contributed by atoms with Crippen molar-refractivity contribution in [1.82, 2.24) is 9.21 Å². The van der Waals surface area contributed by atoms with Crippen LogP contribution in [0.4, 0.5) is 4.79 Å². The number of benzene rings is 2. The van der Waals surface area contributed by atoms with Gasteiger partial charge in [-0.2, -0.15) is 0 Å². The molecule has 2 aliphatic rings. The molecule has 1 fully saturated rings. The first-order valence-corrected chi connectivity index (χ1v) is 13.7. The Morgan fingerprint density at radius 2 is 1.57 bits per heavy atom. The molecular weight excluding hydrogens is 492 g/mol. The smallest absolute Gasteiger partial charge is 0.337 e. The fourth-order valence-electron chi connectivity index (χ4n) is 5.09. The molecule has 4 rings (SSSR count). The highest BCUT2D eigenvalue weighted by atomic mass is 32.2. The van der Waals surface area contributed by atoms with Gasteiger partial charge in [0.1, 0.15) is 0 Å². The lowest BCUT2D eigenvalue weighted by Crippen LogP contribution is -2.43. The zero-order valence-corrected chi connectivity index (χ0v) is 23.2. The number of carboxylic acid groups (broad SMARTS) is 1. The van der Waals surface area contributed by atoms with Crippen molar-refractivity contribution in [2.45, 2.75) is 66.3 Å². The number of hydrogen-bond donors (Lipinski definition) is 1. The standard InChI is InChI=1S/C28H36N2O6S/c1-17-7-9-20(10-8-17)23-18(2)21-15-29(27(33)37(34)30-11-13-35-14-12-30)16-22(21)19(3)24(23)25(26(31)32)36-28(4,5)6/h7-10,25H,11-16H2,1-6H3,(H,31,32). The zero-order chi connectivity index (χ0) is 27.1. The molecule has 2 aromatic carbocycles. The molecule has 0 bridgehead atoms. The van der Waals surface area contributed by atoms with Crippen LogP contribution < -0.4 is 0 Å². The second-order valence-corrected chi connectivity index (χ2v) is 12.1. The Morgan fingerprint density at radius 3 is 2.11 bits per heavy atom. The van der Waals surface area contributed by atoms with Crippen LogP contribution in [0.3, 0.4) is 0 Å². The fourth-order valence-corrected chi connectivity index (χ4v) is 6.14. The van der Waals surface area contributed by atoms with Gasteiger partial charge < -0.3 is 19.5 Å². The second kappa shape index (κ2) is 10.6. The van der Waals surface area contributed by atoms with Gasteiger partial charge in [-0.1, -0.05) is 29.8 Å². The molecule has 1 amide bonds. The summed E-state index contributed by atoms with van der Waals surface area (Å²) in [5.41, 5.74) is 6.31. The van der Waals surface area contributed by atoms with Crippen LogP contribution in [0.2, 0.25) is 0 Å². The van der Waals surface area contributed by atoms with Crippen molar-refractivity contribution < 1.29 is 28.4 Å². The molecule has 9 heteroatoms. The summed E-state index contributed by atoms with van der Waals surface area (Å²) in [4.78, 5) is 27.4. The van der Waals surface area contributed by atoms with Gasteiger partial charge in [0.2, 0.25) is 0 Å². The summed E-state index contributed by atoms with van der Waals surface area (Å²) in [5.74, 6) is -1.06. The second-order valence-electron chi connectivity index (χ2n) is 10.7. The molecule has 0 radical (unpaired) electrons. The van der Waals surface area contributed by atoms with E-state index in [0.29, 0.717) is 38.4 Å². The largest absolute Gasteiger partial charge is 0.479 e. The van der Waals surface area contributed by atoms with E-state index in [9.17, 15) is 18.9 Å². The van der Waals surface area contributed by atoms with Gasteiger partial charge in [-0.05, 0) is 74.9 Å². The molecule has 8 nitrogen and oxygen atoms in total. The summed E-state index contributed by atoms with van der Waals surface area (Å²) in [5, 5.41) is 9.85. The molecule has 1 N–H and O–H groups in total. The van der Waals surface area contributed by atoms with E-state index in [-0.39, 0.29) is 6.54 Å². The highest BCUT2D eigenvalue weighted by molar-refractivity contribution is 7.98. The number of hydrogen-bond acceptors (Lipinski definition) is 5. The molecule has 2 aliphatic heterocycles. The van der Waals surface area contributed by atoms with E-state index in [0.717, 1.165) is 38.9 Å². The minimum absolute atomic E-state index is 0.278. The number of carboxylic acids is 1. The third kappa shape index (κ3) is 5.65. The van der Waals surface area contributed by atoms with Crippen molar-refractivity contribution in [3.05, 3.63) is 57.6 Å². The summed E-state index contributed by atoms with van der Waals surface area (Å²) in [6, 6.07) is 7.99. The van der Waals surface area contributed by atoms with E-state index >= 15 is 0 Å². The normalized spacial score (nSPS) is 17.9. The molecule has 0 aromatic heterocycles. The van der Waals surface area contributed by atoms with Crippen molar-refractivity contribution in [3.8, 4) is 11.1 Å². The average Bonchev–Trinajstić information content (AvgIpc) is 3.31. The van der Waals surface area contributed by atoms with E-state index < -0.39 is 33.9 Å². The first kappa shape index (κ1) is 27.4. The third-order valence-corrected chi connectivity index (χ3v) is 8.32. The van der Waals surface area contributed by atoms with Crippen LogP contribution in [0.25, 0.3) is 11.1 Å². The lowest BCUT2D eigenvalue weighted by atomic mass is 9.83. The lowest BCUT2D eigenvalue weighted by molar-refractivity contribution is -0.160. The zero-order valence-electron chi connectivity index (χ0n) is 22.4. The summed E-state index contributed by atoms with van der Waals surface area (Å²) in [7, 11) is -1.80. The summed E-state index contributed by atoms with van der Waals surface area (Å²) >= 11 is 0. The SMILES string of the molecule is Cc1ccc(-c2c(C)c3c(c(C)c2C(OC(C)(C)C)C(=O)O)CN(C(=O)S(=O)N2CCOCC2)C3)cc1. The van der Waals surface area contributed by atoms with Crippen LogP contribution in [0, 0.1) is 20.8 Å². The maximum atomic E-state index is 13.3. The highest BCUT2D eigenvalue weighted by Gasteiger charge is 2.38. The molecule has 1 saturated heterocycles. The van der Waals surface area contributed by atoms with Crippen LogP contribution in [0.15, 0.2) is 24.3 Å². The van der Waals surface area contributed by atoms with Gasteiger partial charge in [0.15, 0.2) is 17.1 Å². The molecule has 2 aromatic rings. The fraction of sp³-hybridized carbons (Fsp3) is 0.500. The number of carbonyl (C=O) groups excluding carboxylic acids is 1. The third-order valence-electron chi connectivity index (χ3n) is 6.93. The molecule has 0 aliphatic carbocycles. The number of amides is 1. The minimum atomic E-state index is -1.80. The monoisotopic (exact) mass is 528 g/mol. The van der Waals surface area contributed by atoms with Gasteiger partial charge in [-0.3, -0.25) is 4.79 Å². The van der Waals surface area contributed by atoms with Gasteiger partial charge in [0.25, 0.3) is 0 Å². The first-order valence-electron chi connectivity index (χ1n) is 12.5. The molecule has 0 saturated carbocycles. The van der Waals surface area contributed by atoms with Crippen molar-refractivity contribution in [1.29, 1.82) is 0 Å². The Labute approximate surface area is 221 Å². The predicted octanol–water partition coefficient (Wildman–Crippen LogP) is 4.65. The van der Waals surface area contributed by atoms with E-state index in [2.05, 4.69) is 0 Å². The van der Waals surface area contributed by atoms with Gasteiger partial charge in [0, 0.05) is 31.7 Å². The molecular formula is C28H36N2O6S. The number of nitrogens with zero attached hydrogens (tertiary/aromatic N) is 2. The maximum absolute atomic E-state index is 13.3. The van der Waals surface area contributed by atoms with Crippen molar-refractivity contribution in [2.75, 3.05) is 26.3 Å². The molecule has 2 heterocycles. The van der Waals surface area contributed by atoms with Crippen molar-refractivity contribution in [3.63, 3.8) is 0 Å². The van der Waals surface area contributed by atoms with E-state index in [1.54, 1.807) is 9.21 Å². The molecule has 0 spiro atoms. The predicted molar refractivity (Wildman–Crippen MR) is 142 cm³/mol. The maximum Gasteiger partial charge on any atom is 0.337 e. The topological polar surface area (TPSA) is 96.4 Å². The molecule has 2 atom stereocenters. The number of carbonyl (C=O) groups is 2. The number of aliphatic carboxylic acids is 1. The number of rotatable bonds is 5. The van der Waals surface area contributed by atoms with E-state index in [1.807, 2.05) is 65.8 Å². The summed E-state index contributed by atoms with van der Waals surface area (Å²) < 4.78 is 26.1. The molecule has 37 heavy (non-hydrogen) atoms. The van der Waals surface area contributed by atoms with Gasteiger partial charge >= 0.3 is 11.2 Å². The van der Waals surface area contributed by atoms with E-state index in [1.165, 1.54) is 0 Å². The first-order chi connectivity index (χ1) is 17.4. The lowest BCUT2D eigenvalue weighted by Gasteiger charge is -2.29. The number of aryl methyl sites for hydroxylation is 1. The number of morpholine rings is 1. The number of fused-ring (bicyclic) bond motifs is 1. The molecule has 200 valence electrons. The van der Waals surface area contributed by atoms with Crippen LogP contribution in [-0.2, 0) is 38.3 Å². The quantitative estimate of drug-likeness (QED) is 0.607. The van der Waals surface area contributed by atoms with Gasteiger partial charge in [-0.15, -0.1) is 0 Å². The Bertz CT molecular complexity index is 1230. The Balaban J connectivity index is 1.82. The van der Waals surface area contributed by atoms with Gasteiger partial charge in [0.05, 0.1) is 18.8 Å². The van der Waals surface area contributed by atoms with E-state index in [4.69, 9.17) is 9.47 Å². The Hall–Kier alpha value is -2.59. The van der Waals surface area contributed by atoms with Crippen molar-refractivity contribution >= 4 is 22.2 Å². The van der Waals surface area contributed by atoms with Gasteiger partial charge in [-0.25, -0.2) is 13.3 Å². The number of ether oxygens (including phenoxy) is 2. The molecule has 2 unspecified atom stereocenters. The Morgan fingerprint density at radius 1 is 1.00 bits per heavy atom. The summed E-state index contributed by atoms with van der Waals surface area (Å²) in [6.45, 7) is 13.8. The van der Waals surface area contributed by atoms with Crippen molar-refractivity contribution in [2.24, 2.45) is 0 Å². The average molecular weight is 529 g/mol. The Kier molecular flexibility index (Phi) is 7.90. The van der Waals surface area contributed by atoms with Crippen LogP contribution in [0.1, 0.15) is 60.3 Å². The van der Waals surface area contributed by atoms with Crippen LogP contribution in [-0.4, -0.2) is 61.6 Å².